The third-order valence-corrected chi connectivity index (χ3v) is 13.1. The van der Waals surface area contributed by atoms with Crippen molar-refractivity contribution < 1.29 is 8.63 Å². The van der Waals surface area contributed by atoms with Crippen LogP contribution in [0.5, 0.6) is 0 Å². The Morgan fingerprint density at radius 2 is 1.15 bits per heavy atom. The van der Waals surface area contributed by atoms with Crippen LogP contribution in [-0.4, -0.2) is 8.78 Å². The van der Waals surface area contributed by atoms with E-state index in [1.807, 2.05) is 78.9 Å². The maximum Gasteiger partial charge on any atom is 0.136 e. The van der Waals surface area contributed by atoms with Crippen LogP contribution >= 0.6 is 0 Å². The molecule has 0 aliphatic carbocycles. The van der Waals surface area contributed by atoms with E-state index >= 15 is 4.21 Å². The minimum absolute atomic E-state index is 0.681. The van der Waals surface area contributed by atoms with Gasteiger partial charge >= 0.3 is 0 Å². The fraction of sp³-hybridized carbons (Fsp3) is 0. The van der Waals surface area contributed by atoms with E-state index in [4.69, 9.17) is 8.78 Å². The summed E-state index contributed by atoms with van der Waals surface area (Å²) < 4.78 is 29.0. The number of nitrogens with zero attached hydrogens (tertiary/aromatic N) is 2. The maximum atomic E-state index is 15.2. The normalized spacial score (nSPS) is 15.3. The predicted molar refractivity (Wildman–Crippen MR) is 228 cm³/mol. The summed E-state index contributed by atoms with van der Waals surface area (Å²) in [6.07, 6.45) is 2.05. The Labute approximate surface area is 318 Å². The van der Waals surface area contributed by atoms with E-state index in [0.717, 1.165) is 66.7 Å². The van der Waals surface area contributed by atoms with E-state index < -0.39 is 9.73 Å². The average molecular weight is 725 g/mol. The van der Waals surface area contributed by atoms with Crippen LogP contribution in [0.2, 0.25) is 0 Å². The second kappa shape index (κ2) is 12.3. The zero-order valence-corrected chi connectivity index (χ0v) is 30.4. The molecule has 8 aromatic carbocycles. The van der Waals surface area contributed by atoms with Gasteiger partial charge in [0, 0.05) is 38.4 Å². The minimum Gasteiger partial charge on any atom is -0.456 e. The predicted octanol–water partition coefficient (Wildman–Crippen LogP) is 13.7. The van der Waals surface area contributed by atoms with Gasteiger partial charge in [0.1, 0.15) is 20.9 Å². The first-order chi connectivity index (χ1) is 27.1. The Bertz CT molecular complexity index is 3310. The highest BCUT2D eigenvalue weighted by Crippen LogP contribution is 2.45. The van der Waals surface area contributed by atoms with Gasteiger partial charge in [0.25, 0.3) is 0 Å². The minimum atomic E-state index is -3.01. The van der Waals surface area contributed by atoms with Gasteiger partial charge < -0.3 is 8.98 Å². The van der Waals surface area contributed by atoms with E-state index in [1.165, 1.54) is 21.8 Å². The number of fused-ring (bicyclic) bond motifs is 7. The van der Waals surface area contributed by atoms with Crippen molar-refractivity contribution in [3.05, 3.63) is 199 Å². The number of para-hydroxylation sites is 2. The Kier molecular flexibility index (Phi) is 7.06. The van der Waals surface area contributed by atoms with Crippen LogP contribution in [0.3, 0.4) is 0 Å². The van der Waals surface area contributed by atoms with E-state index in [9.17, 15) is 0 Å². The molecule has 1 atom stereocenters. The Hall–Kier alpha value is -6.95. The first-order valence-corrected chi connectivity index (χ1v) is 19.9. The van der Waals surface area contributed by atoms with E-state index in [2.05, 4.69) is 120 Å². The van der Waals surface area contributed by atoms with Gasteiger partial charge in [-0.1, -0.05) is 115 Å². The standard InChI is InChI=1S/C50H32N2O2S/c53-55(39-18-5-2-6-19-39)49(32-37-13-7-9-22-44(37)51-55)41-21-12-24-48-50(41)43-31-36(26-28-47(43)54-48)34-15-11-14-33(29-34)35-25-27-46-42(30-35)40-20-8-10-23-45(40)52(46)38-16-3-1-4-17-38/h1-32H. The zero-order chi connectivity index (χ0) is 36.5. The van der Waals surface area contributed by atoms with Crippen LogP contribution < -0.4 is 0 Å². The summed E-state index contributed by atoms with van der Waals surface area (Å²) in [6.45, 7) is 0. The fourth-order valence-corrected chi connectivity index (χ4v) is 10.4. The van der Waals surface area contributed by atoms with Gasteiger partial charge in [-0.05, 0) is 101 Å². The summed E-state index contributed by atoms with van der Waals surface area (Å²) in [5.74, 6) is 0. The largest absolute Gasteiger partial charge is 0.456 e. The molecule has 0 radical (unpaired) electrons. The lowest BCUT2D eigenvalue weighted by molar-refractivity contribution is 0.669. The van der Waals surface area contributed by atoms with Crippen molar-refractivity contribution in [3.8, 4) is 27.9 Å². The molecule has 0 saturated heterocycles. The van der Waals surface area contributed by atoms with Crippen LogP contribution in [0.25, 0.3) is 82.7 Å². The molecule has 5 heteroatoms. The van der Waals surface area contributed by atoms with Crippen molar-refractivity contribution in [2.24, 2.45) is 4.36 Å². The summed E-state index contributed by atoms with van der Waals surface area (Å²) >= 11 is 0. The molecule has 1 aliphatic heterocycles. The highest BCUT2D eigenvalue weighted by Gasteiger charge is 2.28. The lowest BCUT2D eigenvalue weighted by Gasteiger charge is -2.20. The highest BCUT2D eigenvalue weighted by molar-refractivity contribution is 8.03. The molecule has 1 unspecified atom stereocenters. The summed E-state index contributed by atoms with van der Waals surface area (Å²) in [6, 6.07) is 64.6. The lowest BCUT2D eigenvalue weighted by atomic mass is 9.96. The fourth-order valence-electron chi connectivity index (χ4n) is 8.21. The van der Waals surface area contributed by atoms with Crippen molar-refractivity contribution in [3.63, 3.8) is 0 Å². The van der Waals surface area contributed by atoms with Crippen molar-refractivity contribution >= 4 is 70.1 Å². The molecule has 0 saturated carbocycles. The number of aromatic nitrogens is 1. The molecule has 0 fully saturated rings. The summed E-state index contributed by atoms with van der Waals surface area (Å²) in [7, 11) is -3.01. The summed E-state index contributed by atoms with van der Waals surface area (Å²) in [4.78, 5) is 1.36. The Morgan fingerprint density at radius 1 is 0.491 bits per heavy atom. The molecule has 1 aliphatic rings. The van der Waals surface area contributed by atoms with Gasteiger partial charge in [-0.3, -0.25) is 0 Å². The molecular weight excluding hydrogens is 693 g/mol. The van der Waals surface area contributed by atoms with Gasteiger partial charge in [-0.2, -0.15) is 4.36 Å². The number of hydrogen-bond donors (Lipinski definition) is 0. The molecule has 11 rings (SSSR count). The lowest BCUT2D eigenvalue weighted by Crippen LogP contribution is -2.07. The number of benzene rings is 8. The first-order valence-electron chi connectivity index (χ1n) is 18.4. The second-order valence-corrected chi connectivity index (χ2v) is 16.1. The van der Waals surface area contributed by atoms with Crippen molar-refractivity contribution in [1.29, 1.82) is 0 Å². The van der Waals surface area contributed by atoms with Crippen LogP contribution in [0.4, 0.5) is 5.69 Å². The number of furan rings is 1. The van der Waals surface area contributed by atoms with Gasteiger partial charge in [-0.25, -0.2) is 4.21 Å². The van der Waals surface area contributed by atoms with Crippen LogP contribution in [0, 0.1) is 0 Å². The van der Waals surface area contributed by atoms with Gasteiger partial charge in [0.2, 0.25) is 0 Å². The van der Waals surface area contributed by atoms with E-state index in [1.54, 1.807) is 0 Å². The second-order valence-electron chi connectivity index (χ2n) is 14.0. The molecule has 0 N–H and O–H groups in total. The summed E-state index contributed by atoms with van der Waals surface area (Å²) in [5, 5.41) is 4.35. The highest BCUT2D eigenvalue weighted by atomic mass is 32.2. The Balaban J connectivity index is 1.05. The third kappa shape index (κ3) is 5.01. The monoisotopic (exact) mass is 724 g/mol. The smallest absolute Gasteiger partial charge is 0.136 e. The summed E-state index contributed by atoms with van der Waals surface area (Å²) in [5.41, 5.74) is 12.1. The zero-order valence-electron chi connectivity index (χ0n) is 29.6. The van der Waals surface area contributed by atoms with E-state index in [0.29, 0.717) is 9.80 Å². The molecule has 10 aromatic rings. The van der Waals surface area contributed by atoms with Crippen LogP contribution in [0.15, 0.2) is 202 Å². The third-order valence-electron chi connectivity index (χ3n) is 10.8. The maximum absolute atomic E-state index is 15.2. The molecule has 4 nitrogen and oxygen atoms in total. The van der Waals surface area contributed by atoms with Crippen molar-refractivity contribution in [2.75, 3.05) is 0 Å². The Morgan fingerprint density at radius 3 is 1.98 bits per heavy atom. The molecule has 3 heterocycles. The molecule has 55 heavy (non-hydrogen) atoms. The van der Waals surface area contributed by atoms with Crippen molar-refractivity contribution in [1.82, 2.24) is 4.57 Å². The average Bonchev–Trinajstić information content (AvgIpc) is 3.79. The van der Waals surface area contributed by atoms with Gasteiger partial charge in [0.15, 0.2) is 0 Å². The molecular formula is C50H32N2O2S. The SMILES string of the molecule is O=S1(c2ccccc2)=Nc2ccccc2C=C1c1cccc2oc3ccc(-c4cccc(-c5ccc6c(c5)c5ccccc5n6-c5ccccc5)c4)cc3c12. The quantitative estimate of drug-likeness (QED) is 0.177. The van der Waals surface area contributed by atoms with Crippen LogP contribution in [0.1, 0.15) is 11.1 Å². The topological polar surface area (TPSA) is 47.5 Å². The van der Waals surface area contributed by atoms with Crippen LogP contribution in [-0.2, 0) is 9.73 Å². The van der Waals surface area contributed by atoms with Gasteiger partial charge in [-0.15, -0.1) is 0 Å². The molecule has 260 valence electrons. The van der Waals surface area contributed by atoms with Crippen molar-refractivity contribution in [2.45, 2.75) is 4.90 Å². The molecule has 0 spiro atoms. The molecule has 0 amide bonds. The van der Waals surface area contributed by atoms with Gasteiger partial charge in [0.05, 0.1) is 26.5 Å². The molecule has 0 bridgehead atoms. The van der Waals surface area contributed by atoms with E-state index in [-0.39, 0.29) is 0 Å². The number of hydrogen-bond acceptors (Lipinski definition) is 3. The first kappa shape index (κ1) is 31.6. The molecule has 2 aromatic heterocycles. The number of rotatable bonds is 5.